The fourth-order valence-corrected chi connectivity index (χ4v) is 5.41. The number of sulfone groups is 1. The number of rotatable bonds is 9. The number of morpholine rings is 1. The van der Waals surface area contributed by atoms with Crippen LogP contribution < -0.4 is 10.6 Å². The first-order valence-electron chi connectivity index (χ1n) is 12.6. The lowest BCUT2D eigenvalue weighted by Gasteiger charge is -2.28. The molecule has 0 aliphatic carbocycles. The van der Waals surface area contributed by atoms with Gasteiger partial charge in [0.15, 0.2) is 9.84 Å². The number of amides is 1. The molecule has 2 N–H and O–H groups in total. The number of nitrogens with one attached hydrogen (secondary N) is 2. The molecule has 1 fully saturated rings. The van der Waals surface area contributed by atoms with E-state index < -0.39 is 21.6 Å². The molecule has 3 atom stereocenters. The van der Waals surface area contributed by atoms with Gasteiger partial charge in [-0.25, -0.2) is 12.8 Å². The van der Waals surface area contributed by atoms with Crippen molar-refractivity contribution in [1.82, 2.24) is 5.32 Å². The van der Waals surface area contributed by atoms with Gasteiger partial charge >= 0.3 is 0 Å². The number of benzene rings is 3. The Morgan fingerprint density at radius 2 is 1.87 bits per heavy atom. The number of carbonyl (C=O) groups is 1. The summed E-state index contributed by atoms with van der Waals surface area (Å²) in [4.78, 5) is 13.5. The second-order valence-electron chi connectivity index (χ2n) is 9.78. The molecule has 4 rings (SSSR count). The number of hydrogen-bond acceptors (Lipinski definition) is 5. The summed E-state index contributed by atoms with van der Waals surface area (Å²) in [5.74, 6) is -1.35. The largest absolute Gasteiger partial charge is 0.375 e. The van der Waals surface area contributed by atoms with E-state index in [4.69, 9.17) is 16.3 Å². The lowest BCUT2D eigenvalue weighted by Crippen LogP contribution is -2.44. The number of halogens is 2. The predicted molar refractivity (Wildman–Crippen MR) is 148 cm³/mol. The Bertz CT molecular complexity index is 1370. The molecule has 1 amide bonds. The van der Waals surface area contributed by atoms with Gasteiger partial charge in [0.2, 0.25) is 5.91 Å². The molecular formula is C29H32ClFN2O4S. The Labute approximate surface area is 228 Å². The number of para-hydroxylation sites is 1. The van der Waals surface area contributed by atoms with Crippen LogP contribution in [0.25, 0.3) is 0 Å². The Morgan fingerprint density at radius 3 is 2.55 bits per heavy atom. The minimum Gasteiger partial charge on any atom is -0.375 e. The van der Waals surface area contributed by atoms with Crippen LogP contribution in [-0.2, 0) is 25.8 Å². The molecule has 0 spiro atoms. The van der Waals surface area contributed by atoms with E-state index in [2.05, 4.69) is 17.6 Å². The highest BCUT2D eigenvalue weighted by Gasteiger charge is 2.23. The third-order valence-electron chi connectivity index (χ3n) is 6.73. The minimum absolute atomic E-state index is 0.0177. The van der Waals surface area contributed by atoms with Crippen molar-refractivity contribution in [2.75, 3.05) is 24.7 Å². The molecule has 202 valence electrons. The fraction of sp³-hybridized carbons (Fsp3) is 0.345. The molecule has 1 aliphatic rings. The van der Waals surface area contributed by atoms with Crippen LogP contribution in [-0.4, -0.2) is 45.9 Å². The highest BCUT2D eigenvalue weighted by atomic mass is 35.5. The molecule has 38 heavy (non-hydrogen) atoms. The number of ether oxygens (including phenoxy) is 1. The standard InChI is InChI=1S/C29H32ClFN2O4S/c1-19-18-37-24(17-32-19)14-11-21-5-4-8-27(31)29(21)33-28(34)16-26(20-9-12-23(30)13-10-20)22-6-3-7-25(15-22)38(2,35)36/h3-10,12-13,15,19,24,26,32H,11,14,16-18H2,1-2H3,(H,33,34)/t19-,24+,26-/m0/s1. The second-order valence-corrected chi connectivity index (χ2v) is 12.2. The fourth-order valence-electron chi connectivity index (χ4n) is 4.61. The maximum atomic E-state index is 14.9. The van der Waals surface area contributed by atoms with Crippen LogP contribution in [0.3, 0.4) is 0 Å². The van der Waals surface area contributed by atoms with Crippen LogP contribution in [0.4, 0.5) is 10.1 Å². The zero-order chi connectivity index (χ0) is 27.3. The number of anilines is 1. The summed E-state index contributed by atoms with van der Waals surface area (Å²) in [5, 5.41) is 6.71. The van der Waals surface area contributed by atoms with Crippen molar-refractivity contribution in [3.63, 3.8) is 0 Å². The minimum atomic E-state index is -3.44. The van der Waals surface area contributed by atoms with Crippen LogP contribution in [0, 0.1) is 5.82 Å². The van der Waals surface area contributed by atoms with Gasteiger partial charge in [-0.3, -0.25) is 4.79 Å². The van der Waals surface area contributed by atoms with Crippen molar-refractivity contribution in [2.45, 2.75) is 49.1 Å². The summed E-state index contributed by atoms with van der Waals surface area (Å²) in [5.41, 5.74) is 2.31. The molecule has 1 aliphatic heterocycles. The Kier molecular flexibility index (Phi) is 9.20. The molecule has 0 bridgehead atoms. The summed E-state index contributed by atoms with van der Waals surface area (Å²) in [6.45, 7) is 3.42. The van der Waals surface area contributed by atoms with Crippen LogP contribution in [0.15, 0.2) is 71.6 Å². The summed E-state index contributed by atoms with van der Waals surface area (Å²) in [7, 11) is -3.44. The van der Waals surface area contributed by atoms with Crippen molar-refractivity contribution in [3.8, 4) is 0 Å². The van der Waals surface area contributed by atoms with Gasteiger partial charge in [0, 0.05) is 36.2 Å². The Hall–Kier alpha value is -2.78. The van der Waals surface area contributed by atoms with Gasteiger partial charge in [0.05, 0.1) is 23.3 Å². The van der Waals surface area contributed by atoms with E-state index in [9.17, 15) is 17.6 Å². The Morgan fingerprint density at radius 1 is 1.13 bits per heavy atom. The van der Waals surface area contributed by atoms with E-state index in [0.717, 1.165) is 18.4 Å². The number of hydrogen-bond donors (Lipinski definition) is 2. The zero-order valence-electron chi connectivity index (χ0n) is 21.4. The number of carbonyl (C=O) groups excluding carboxylic acids is 1. The van der Waals surface area contributed by atoms with Gasteiger partial charge in [0.25, 0.3) is 0 Å². The van der Waals surface area contributed by atoms with E-state index in [1.54, 1.807) is 48.5 Å². The normalized spacial score (nSPS) is 18.6. The van der Waals surface area contributed by atoms with Gasteiger partial charge in [-0.15, -0.1) is 0 Å². The van der Waals surface area contributed by atoms with Crippen LogP contribution in [0.2, 0.25) is 5.02 Å². The molecule has 0 saturated carbocycles. The lowest BCUT2D eigenvalue weighted by molar-refractivity contribution is -0.116. The molecule has 3 aromatic carbocycles. The average molecular weight is 559 g/mol. The molecule has 0 radical (unpaired) electrons. The van der Waals surface area contributed by atoms with Gasteiger partial charge in [-0.05, 0) is 66.8 Å². The average Bonchev–Trinajstić information content (AvgIpc) is 2.89. The third-order valence-corrected chi connectivity index (χ3v) is 8.09. The van der Waals surface area contributed by atoms with Crippen LogP contribution in [0.5, 0.6) is 0 Å². The van der Waals surface area contributed by atoms with Crippen molar-refractivity contribution in [3.05, 3.63) is 94.3 Å². The van der Waals surface area contributed by atoms with Gasteiger partial charge in [-0.1, -0.05) is 48.0 Å². The van der Waals surface area contributed by atoms with Crippen molar-refractivity contribution in [2.24, 2.45) is 0 Å². The van der Waals surface area contributed by atoms with Crippen LogP contribution in [0.1, 0.15) is 42.4 Å². The van der Waals surface area contributed by atoms with E-state index in [-0.39, 0.29) is 29.0 Å². The van der Waals surface area contributed by atoms with Crippen molar-refractivity contribution in [1.29, 1.82) is 0 Å². The van der Waals surface area contributed by atoms with E-state index >= 15 is 0 Å². The zero-order valence-corrected chi connectivity index (χ0v) is 23.0. The first kappa shape index (κ1) is 28.2. The smallest absolute Gasteiger partial charge is 0.225 e. The first-order chi connectivity index (χ1) is 18.1. The predicted octanol–water partition coefficient (Wildman–Crippen LogP) is 5.35. The van der Waals surface area contributed by atoms with E-state index in [1.807, 2.05) is 6.07 Å². The molecular weight excluding hydrogens is 527 g/mol. The SMILES string of the molecule is C[C@H]1CO[C@H](CCc2cccc(F)c2NC(=O)C[C@@H](c2ccc(Cl)cc2)c2cccc(S(C)(=O)=O)c2)CN1. The first-order valence-corrected chi connectivity index (χ1v) is 14.8. The summed E-state index contributed by atoms with van der Waals surface area (Å²) < 4.78 is 45.1. The quantitative estimate of drug-likeness (QED) is 0.370. The monoisotopic (exact) mass is 558 g/mol. The van der Waals surface area contributed by atoms with Crippen molar-refractivity contribution >= 4 is 33.0 Å². The molecule has 9 heteroatoms. The van der Waals surface area contributed by atoms with E-state index in [1.165, 1.54) is 12.1 Å². The van der Waals surface area contributed by atoms with Gasteiger partial charge in [-0.2, -0.15) is 0 Å². The van der Waals surface area contributed by atoms with Gasteiger partial charge in [0.1, 0.15) is 5.82 Å². The maximum Gasteiger partial charge on any atom is 0.225 e. The summed E-state index contributed by atoms with van der Waals surface area (Å²) >= 11 is 6.08. The topological polar surface area (TPSA) is 84.5 Å². The molecule has 6 nitrogen and oxygen atoms in total. The second kappa shape index (κ2) is 12.4. The maximum absolute atomic E-state index is 14.9. The van der Waals surface area contributed by atoms with E-state index in [0.29, 0.717) is 41.6 Å². The summed E-state index contributed by atoms with van der Waals surface area (Å²) in [6.07, 6.45) is 2.39. The van der Waals surface area contributed by atoms with Crippen molar-refractivity contribution < 1.29 is 22.3 Å². The molecule has 1 heterocycles. The third kappa shape index (κ3) is 7.41. The molecule has 1 saturated heterocycles. The Balaban J connectivity index is 1.55. The molecule has 0 unspecified atom stereocenters. The molecule has 0 aromatic heterocycles. The number of aryl methyl sites for hydroxylation is 1. The highest BCUT2D eigenvalue weighted by molar-refractivity contribution is 7.90. The van der Waals surface area contributed by atoms with Gasteiger partial charge < -0.3 is 15.4 Å². The molecule has 3 aromatic rings. The highest BCUT2D eigenvalue weighted by Crippen LogP contribution is 2.32. The lowest BCUT2D eigenvalue weighted by atomic mass is 9.88. The summed E-state index contributed by atoms with van der Waals surface area (Å²) in [6, 6.07) is 18.7. The van der Waals surface area contributed by atoms with Crippen LogP contribution >= 0.6 is 11.6 Å².